The highest BCUT2D eigenvalue weighted by Gasteiger charge is 2.21. The third-order valence-electron chi connectivity index (χ3n) is 2.69. The van der Waals surface area contributed by atoms with Crippen molar-refractivity contribution in [2.45, 2.75) is 17.7 Å². The molecule has 0 aliphatic heterocycles. The van der Waals surface area contributed by atoms with E-state index in [4.69, 9.17) is 5.11 Å². The van der Waals surface area contributed by atoms with Crippen LogP contribution in [-0.2, 0) is 10.0 Å². The average Bonchev–Trinajstić information content (AvgIpc) is 2.83. The zero-order valence-corrected chi connectivity index (χ0v) is 13.2. The number of carboxylic acid groups (broad SMARTS) is 1. The standard InChI is InChI=1S/C13H11F2NO5S2/c1-7-6-10(22-11(7)12(17)18)23(19,20)16-8-2-4-9(5-3-8)21-13(14)15/h2-6,13,16H,1H3,(H,17,18). The van der Waals surface area contributed by atoms with Gasteiger partial charge < -0.3 is 9.84 Å². The van der Waals surface area contributed by atoms with Crippen molar-refractivity contribution in [3.05, 3.63) is 40.8 Å². The topological polar surface area (TPSA) is 92.7 Å². The lowest BCUT2D eigenvalue weighted by Gasteiger charge is -2.08. The molecule has 0 radical (unpaired) electrons. The molecule has 2 aromatic rings. The minimum Gasteiger partial charge on any atom is -0.477 e. The fraction of sp³-hybridized carbons (Fsp3) is 0.154. The van der Waals surface area contributed by atoms with Crippen molar-refractivity contribution >= 4 is 33.0 Å². The maximum atomic E-state index is 12.2. The van der Waals surface area contributed by atoms with Crippen LogP contribution in [0.4, 0.5) is 14.5 Å². The first kappa shape index (κ1) is 17.2. The third kappa shape index (κ3) is 4.17. The van der Waals surface area contributed by atoms with E-state index in [1.54, 1.807) is 0 Å². The molecule has 0 fully saturated rings. The van der Waals surface area contributed by atoms with E-state index < -0.39 is 22.6 Å². The van der Waals surface area contributed by atoms with Crippen LogP contribution in [0.2, 0.25) is 0 Å². The molecule has 0 saturated heterocycles. The van der Waals surface area contributed by atoms with E-state index >= 15 is 0 Å². The maximum absolute atomic E-state index is 12.2. The molecule has 23 heavy (non-hydrogen) atoms. The number of aryl methyl sites for hydroxylation is 1. The Morgan fingerprint density at radius 3 is 2.39 bits per heavy atom. The lowest BCUT2D eigenvalue weighted by Crippen LogP contribution is -2.11. The van der Waals surface area contributed by atoms with Crippen LogP contribution < -0.4 is 9.46 Å². The van der Waals surface area contributed by atoms with Crippen LogP contribution >= 0.6 is 11.3 Å². The number of sulfonamides is 1. The van der Waals surface area contributed by atoms with Gasteiger partial charge in [0.2, 0.25) is 0 Å². The maximum Gasteiger partial charge on any atom is 0.387 e. The van der Waals surface area contributed by atoms with Crippen molar-refractivity contribution in [3.8, 4) is 5.75 Å². The molecule has 1 aromatic heterocycles. The molecular formula is C13H11F2NO5S2. The molecule has 0 aliphatic carbocycles. The van der Waals surface area contributed by atoms with Gasteiger partial charge in [-0.3, -0.25) is 4.72 Å². The molecule has 0 aliphatic rings. The number of alkyl halides is 2. The van der Waals surface area contributed by atoms with Gasteiger partial charge in [-0.25, -0.2) is 13.2 Å². The van der Waals surface area contributed by atoms with E-state index in [0.29, 0.717) is 16.9 Å². The first-order valence-electron chi connectivity index (χ1n) is 6.10. The highest BCUT2D eigenvalue weighted by Crippen LogP contribution is 2.28. The van der Waals surface area contributed by atoms with Gasteiger partial charge in [-0.05, 0) is 42.8 Å². The van der Waals surface area contributed by atoms with Gasteiger partial charge in [0.05, 0.1) is 0 Å². The number of hydrogen-bond donors (Lipinski definition) is 2. The fourth-order valence-corrected chi connectivity index (χ4v) is 4.14. The Hall–Kier alpha value is -2.20. The Labute approximate surface area is 134 Å². The molecule has 0 unspecified atom stereocenters. The first-order valence-corrected chi connectivity index (χ1v) is 8.40. The number of carbonyl (C=O) groups is 1. The van der Waals surface area contributed by atoms with E-state index in [9.17, 15) is 22.0 Å². The minimum atomic E-state index is -3.97. The Morgan fingerprint density at radius 2 is 1.91 bits per heavy atom. The zero-order valence-electron chi connectivity index (χ0n) is 11.6. The number of hydrogen-bond acceptors (Lipinski definition) is 5. The number of benzene rings is 1. The summed E-state index contributed by atoms with van der Waals surface area (Å²) in [6, 6.07) is 6.14. The van der Waals surface area contributed by atoms with Gasteiger partial charge in [-0.1, -0.05) is 0 Å². The molecular weight excluding hydrogens is 352 g/mol. The number of nitrogens with one attached hydrogen (secondary N) is 1. The summed E-state index contributed by atoms with van der Waals surface area (Å²) in [6.07, 6.45) is 0. The Morgan fingerprint density at radius 1 is 1.30 bits per heavy atom. The molecule has 2 N–H and O–H groups in total. The monoisotopic (exact) mass is 363 g/mol. The van der Waals surface area contributed by atoms with Gasteiger partial charge in [0.15, 0.2) is 0 Å². The molecule has 124 valence electrons. The first-order chi connectivity index (χ1) is 10.7. The van der Waals surface area contributed by atoms with Crippen molar-refractivity contribution in [3.63, 3.8) is 0 Å². The number of thiophene rings is 1. The van der Waals surface area contributed by atoms with Crippen LogP contribution in [-0.4, -0.2) is 26.1 Å². The lowest BCUT2D eigenvalue weighted by atomic mass is 10.3. The Balaban J connectivity index is 2.21. The summed E-state index contributed by atoms with van der Waals surface area (Å²) < 4.78 is 54.7. The zero-order chi connectivity index (χ0) is 17.2. The number of ether oxygens (including phenoxy) is 1. The lowest BCUT2D eigenvalue weighted by molar-refractivity contribution is -0.0498. The second kappa shape index (κ2) is 6.50. The number of halogens is 2. The largest absolute Gasteiger partial charge is 0.477 e. The van der Waals surface area contributed by atoms with Crippen molar-refractivity contribution in [1.82, 2.24) is 0 Å². The van der Waals surface area contributed by atoms with E-state index in [1.807, 2.05) is 0 Å². The van der Waals surface area contributed by atoms with Gasteiger partial charge in [-0.15, -0.1) is 11.3 Å². The van der Waals surface area contributed by atoms with Crippen LogP contribution in [0.25, 0.3) is 0 Å². The summed E-state index contributed by atoms with van der Waals surface area (Å²) in [4.78, 5) is 10.9. The summed E-state index contributed by atoms with van der Waals surface area (Å²) in [5, 5.41) is 8.96. The van der Waals surface area contributed by atoms with Crippen LogP contribution in [0, 0.1) is 6.92 Å². The number of aromatic carboxylic acids is 1. The molecule has 0 bridgehead atoms. The Bertz CT molecular complexity index is 815. The number of anilines is 1. The smallest absolute Gasteiger partial charge is 0.387 e. The molecule has 10 heteroatoms. The van der Waals surface area contributed by atoms with E-state index in [2.05, 4.69) is 9.46 Å². The minimum absolute atomic E-state index is 0.0638. The summed E-state index contributed by atoms with van der Waals surface area (Å²) in [7, 11) is -3.97. The van der Waals surface area contributed by atoms with Crippen LogP contribution in [0.15, 0.2) is 34.5 Å². The summed E-state index contributed by atoms with van der Waals surface area (Å²) >= 11 is 0.631. The second-order valence-corrected chi connectivity index (χ2v) is 7.35. The van der Waals surface area contributed by atoms with Gasteiger partial charge in [-0.2, -0.15) is 8.78 Å². The van der Waals surface area contributed by atoms with Crippen molar-refractivity contribution in [1.29, 1.82) is 0 Å². The van der Waals surface area contributed by atoms with Gasteiger partial charge in [0, 0.05) is 5.69 Å². The summed E-state index contributed by atoms with van der Waals surface area (Å²) in [5.74, 6) is -1.31. The van der Waals surface area contributed by atoms with Crippen LogP contribution in [0.3, 0.4) is 0 Å². The van der Waals surface area contributed by atoms with Crippen LogP contribution in [0.1, 0.15) is 15.2 Å². The second-order valence-electron chi connectivity index (χ2n) is 4.39. The molecule has 6 nitrogen and oxygen atoms in total. The SMILES string of the molecule is Cc1cc(S(=O)(=O)Nc2ccc(OC(F)F)cc2)sc1C(=O)O. The molecule has 2 rings (SSSR count). The number of rotatable bonds is 6. The van der Waals surface area contributed by atoms with E-state index in [1.165, 1.54) is 37.3 Å². The number of carboxylic acids is 1. The Kier molecular flexibility index (Phi) is 4.85. The molecule has 0 atom stereocenters. The van der Waals surface area contributed by atoms with Gasteiger partial charge in [0.1, 0.15) is 14.8 Å². The van der Waals surface area contributed by atoms with Crippen LogP contribution in [0.5, 0.6) is 5.75 Å². The summed E-state index contributed by atoms with van der Waals surface area (Å²) in [5.41, 5.74) is 0.470. The average molecular weight is 363 g/mol. The van der Waals surface area contributed by atoms with E-state index in [-0.39, 0.29) is 20.5 Å². The van der Waals surface area contributed by atoms with Crippen molar-refractivity contribution in [2.75, 3.05) is 4.72 Å². The molecule has 1 aromatic carbocycles. The van der Waals surface area contributed by atoms with Crippen molar-refractivity contribution in [2.24, 2.45) is 0 Å². The third-order valence-corrected chi connectivity index (χ3v) is 5.77. The summed E-state index contributed by atoms with van der Waals surface area (Å²) in [6.45, 7) is -1.48. The predicted octanol–water partition coefficient (Wildman–Crippen LogP) is 3.16. The van der Waals surface area contributed by atoms with E-state index in [0.717, 1.165) is 0 Å². The van der Waals surface area contributed by atoms with Crippen molar-refractivity contribution < 1.29 is 31.8 Å². The molecule has 0 amide bonds. The predicted molar refractivity (Wildman–Crippen MR) is 79.9 cm³/mol. The van der Waals surface area contributed by atoms with Gasteiger partial charge >= 0.3 is 12.6 Å². The molecule has 1 heterocycles. The van der Waals surface area contributed by atoms with Gasteiger partial charge in [0.25, 0.3) is 10.0 Å². The molecule has 0 saturated carbocycles. The molecule has 0 spiro atoms. The highest BCUT2D eigenvalue weighted by molar-refractivity contribution is 7.94. The highest BCUT2D eigenvalue weighted by atomic mass is 32.2. The normalized spacial score (nSPS) is 11.5. The fourth-order valence-electron chi connectivity index (χ4n) is 1.71. The quantitative estimate of drug-likeness (QED) is 0.822.